The smallest absolute Gasteiger partial charge is 0.223 e. The Morgan fingerprint density at radius 1 is 1.47 bits per heavy atom. The average molecular weight is 240 g/mol. The van der Waals surface area contributed by atoms with Crippen molar-refractivity contribution < 1.29 is 9.26 Å². The number of nitrogens with zero attached hydrogens (tertiary/aromatic N) is 4. The van der Waals surface area contributed by atoms with E-state index in [1.165, 1.54) is 0 Å². The van der Waals surface area contributed by atoms with Crippen molar-refractivity contribution in [3.8, 4) is 0 Å². The number of hydrogen-bond acceptors (Lipinski definition) is 6. The third kappa shape index (κ3) is 3.76. The Morgan fingerprint density at radius 2 is 2.29 bits per heavy atom. The van der Waals surface area contributed by atoms with E-state index in [0.717, 1.165) is 38.6 Å². The van der Waals surface area contributed by atoms with Gasteiger partial charge in [0.1, 0.15) is 0 Å². The fourth-order valence-electron chi connectivity index (χ4n) is 2.05. The largest absolute Gasteiger partial charge is 0.374 e. The summed E-state index contributed by atoms with van der Waals surface area (Å²) in [6, 6.07) is 0. The molecule has 1 aliphatic heterocycles. The zero-order valence-electron chi connectivity index (χ0n) is 10.7. The van der Waals surface area contributed by atoms with E-state index in [0.29, 0.717) is 5.89 Å². The Bertz CT molecular complexity index is 353. The van der Waals surface area contributed by atoms with Gasteiger partial charge >= 0.3 is 0 Å². The van der Waals surface area contributed by atoms with Crippen LogP contribution in [0.2, 0.25) is 0 Å². The number of rotatable bonds is 4. The van der Waals surface area contributed by atoms with E-state index in [4.69, 9.17) is 9.26 Å². The molecule has 0 unspecified atom stereocenters. The first-order chi connectivity index (χ1) is 8.13. The second-order valence-corrected chi connectivity index (χ2v) is 4.72. The fourth-order valence-corrected chi connectivity index (χ4v) is 2.05. The first kappa shape index (κ1) is 12.5. The highest BCUT2D eigenvalue weighted by Crippen LogP contribution is 2.09. The van der Waals surface area contributed by atoms with E-state index in [-0.39, 0.29) is 6.10 Å². The lowest BCUT2D eigenvalue weighted by Gasteiger charge is -2.33. The Kier molecular flexibility index (Phi) is 4.09. The number of aryl methyl sites for hydroxylation is 1. The van der Waals surface area contributed by atoms with Gasteiger partial charge in [-0.2, -0.15) is 4.98 Å². The van der Waals surface area contributed by atoms with Crippen molar-refractivity contribution in [2.24, 2.45) is 0 Å². The molecule has 6 heteroatoms. The number of ether oxygens (including phenoxy) is 1. The minimum atomic E-state index is 0.270. The van der Waals surface area contributed by atoms with Crippen LogP contribution in [-0.2, 0) is 11.3 Å². The zero-order chi connectivity index (χ0) is 12.3. The van der Waals surface area contributed by atoms with Crippen LogP contribution in [0.4, 0.5) is 0 Å². The summed E-state index contributed by atoms with van der Waals surface area (Å²) in [5.41, 5.74) is 0. The first-order valence-corrected chi connectivity index (χ1v) is 5.91. The van der Waals surface area contributed by atoms with Crippen molar-refractivity contribution in [1.29, 1.82) is 0 Å². The van der Waals surface area contributed by atoms with Gasteiger partial charge < -0.3 is 14.2 Å². The molecule has 0 N–H and O–H groups in total. The Balaban J connectivity index is 1.85. The quantitative estimate of drug-likeness (QED) is 0.746. The maximum Gasteiger partial charge on any atom is 0.223 e. The molecule has 0 saturated carbocycles. The SMILES string of the molecule is Cc1nc(CN2CCO[C@@H](CN(C)C)C2)no1. The van der Waals surface area contributed by atoms with Crippen LogP contribution in [0.15, 0.2) is 4.52 Å². The van der Waals surface area contributed by atoms with Crippen molar-refractivity contribution >= 4 is 0 Å². The number of hydrogen-bond donors (Lipinski definition) is 0. The van der Waals surface area contributed by atoms with Crippen LogP contribution >= 0.6 is 0 Å². The maximum absolute atomic E-state index is 5.71. The molecule has 2 rings (SSSR count). The number of likely N-dealkylation sites (N-methyl/N-ethyl adjacent to an activating group) is 1. The van der Waals surface area contributed by atoms with E-state index in [9.17, 15) is 0 Å². The van der Waals surface area contributed by atoms with Crippen LogP contribution in [0, 0.1) is 6.92 Å². The topological polar surface area (TPSA) is 54.6 Å². The fraction of sp³-hybridized carbons (Fsp3) is 0.818. The first-order valence-electron chi connectivity index (χ1n) is 5.91. The lowest BCUT2D eigenvalue weighted by atomic mass is 10.2. The highest BCUT2D eigenvalue weighted by Gasteiger charge is 2.22. The van der Waals surface area contributed by atoms with Crippen molar-refractivity contribution in [3.05, 3.63) is 11.7 Å². The summed E-state index contributed by atoms with van der Waals surface area (Å²) >= 11 is 0. The van der Waals surface area contributed by atoms with Crippen molar-refractivity contribution in [3.63, 3.8) is 0 Å². The molecule has 1 saturated heterocycles. The van der Waals surface area contributed by atoms with Crippen LogP contribution in [0.5, 0.6) is 0 Å². The van der Waals surface area contributed by atoms with Crippen LogP contribution in [-0.4, -0.2) is 66.4 Å². The van der Waals surface area contributed by atoms with Crippen molar-refractivity contribution in [2.45, 2.75) is 19.6 Å². The van der Waals surface area contributed by atoms with Crippen LogP contribution in [0.1, 0.15) is 11.7 Å². The molecule has 1 atom stereocenters. The van der Waals surface area contributed by atoms with Gasteiger partial charge in [0.15, 0.2) is 5.82 Å². The van der Waals surface area contributed by atoms with Crippen LogP contribution < -0.4 is 0 Å². The second-order valence-electron chi connectivity index (χ2n) is 4.72. The van der Waals surface area contributed by atoms with Gasteiger partial charge in [0.2, 0.25) is 5.89 Å². The molecule has 1 aromatic rings. The van der Waals surface area contributed by atoms with Crippen LogP contribution in [0.25, 0.3) is 0 Å². The Labute approximate surface area is 102 Å². The number of morpholine rings is 1. The van der Waals surface area contributed by atoms with Gasteiger partial charge in [-0.1, -0.05) is 5.16 Å². The second kappa shape index (κ2) is 5.57. The molecule has 2 heterocycles. The molecule has 0 aliphatic carbocycles. The van der Waals surface area contributed by atoms with E-state index in [1.807, 2.05) is 6.92 Å². The maximum atomic E-state index is 5.71. The van der Waals surface area contributed by atoms with Gasteiger partial charge in [-0.15, -0.1) is 0 Å². The van der Waals surface area contributed by atoms with Gasteiger partial charge in [-0.25, -0.2) is 0 Å². The summed E-state index contributed by atoms with van der Waals surface area (Å²) < 4.78 is 10.7. The zero-order valence-corrected chi connectivity index (χ0v) is 10.7. The summed E-state index contributed by atoms with van der Waals surface area (Å²) in [5.74, 6) is 1.38. The van der Waals surface area contributed by atoms with E-state index >= 15 is 0 Å². The minimum absolute atomic E-state index is 0.270. The van der Waals surface area contributed by atoms with Crippen molar-refractivity contribution in [2.75, 3.05) is 40.3 Å². The molecule has 6 nitrogen and oxygen atoms in total. The van der Waals surface area contributed by atoms with E-state index in [1.54, 1.807) is 0 Å². The summed E-state index contributed by atoms with van der Waals surface area (Å²) in [6.07, 6.45) is 0.270. The minimum Gasteiger partial charge on any atom is -0.374 e. The summed E-state index contributed by atoms with van der Waals surface area (Å²) in [6.45, 7) is 6.12. The predicted molar refractivity (Wildman–Crippen MR) is 62.6 cm³/mol. The number of aromatic nitrogens is 2. The monoisotopic (exact) mass is 240 g/mol. The Morgan fingerprint density at radius 3 is 2.94 bits per heavy atom. The highest BCUT2D eigenvalue weighted by atomic mass is 16.5. The molecule has 0 aromatic carbocycles. The van der Waals surface area contributed by atoms with Gasteiger partial charge in [-0.3, -0.25) is 4.90 Å². The molecule has 17 heavy (non-hydrogen) atoms. The molecule has 0 spiro atoms. The third-order valence-corrected chi connectivity index (χ3v) is 2.73. The van der Waals surface area contributed by atoms with Crippen LogP contribution in [0.3, 0.4) is 0 Å². The third-order valence-electron chi connectivity index (χ3n) is 2.73. The normalized spacial score (nSPS) is 22.2. The van der Waals surface area contributed by atoms with Crippen molar-refractivity contribution in [1.82, 2.24) is 19.9 Å². The summed E-state index contributed by atoms with van der Waals surface area (Å²) in [7, 11) is 4.12. The summed E-state index contributed by atoms with van der Waals surface area (Å²) in [4.78, 5) is 8.67. The van der Waals surface area contributed by atoms with Gasteiger partial charge in [-0.05, 0) is 14.1 Å². The molecular formula is C11H20N4O2. The lowest BCUT2D eigenvalue weighted by Crippen LogP contribution is -2.46. The predicted octanol–water partition coefficient (Wildman–Crippen LogP) is 0.140. The standard InChI is InChI=1S/C11H20N4O2/c1-9-12-11(13-17-9)8-15-4-5-16-10(7-15)6-14(2)3/h10H,4-8H2,1-3H3/t10-/m0/s1. The molecule has 1 aromatic heterocycles. The van der Waals surface area contributed by atoms with Gasteiger partial charge in [0.25, 0.3) is 0 Å². The van der Waals surface area contributed by atoms with E-state index in [2.05, 4.69) is 34.0 Å². The van der Waals surface area contributed by atoms with E-state index < -0.39 is 0 Å². The molecule has 96 valence electrons. The van der Waals surface area contributed by atoms with Gasteiger partial charge in [0, 0.05) is 26.6 Å². The molecule has 1 fully saturated rings. The molecule has 1 aliphatic rings. The molecular weight excluding hydrogens is 220 g/mol. The Hall–Kier alpha value is -0.980. The van der Waals surface area contributed by atoms with Gasteiger partial charge in [0.05, 0.1) is 19.3 Å². The average Bonchev–Trinajstić information content (AvgIpc) is 2.63. The molecule has 0 amide bonds. The summed E-state index contributed by atoms with van der Waals surface area (Å²) in [5, 5.41) is 3.92. The molecule has 0 radical (unpaired) electrons. The molecule has 0 bridgehead atoms. The lowest BCUT2D eigenvalue weighted by molar-refractivity contribution is -0.0414. The highest BCUT2D eigenvalue weighted by molar-refractivity contribution is 4.85.